The van der Waals surface area contributed by atoms with Crippen LogP contribution in [-0.2, 0) is 15.1 Å². The smallest absolute Gasteiger partial charge is 0.237 e. The Morgan fingerprint density at radius 1 is 1.41 bits per heavy atom. The van der Waals surface area contributed by atoms with Crippen molar-refractivity contribution in [2.24, 2.45) is 0 Å². The second kappa shape index (κ2) is 5.31. The fourth-order valence-electron chi connectivity index (χ4n) is 3.07. The maximum Gasteiger partial charge on any atom is 0.237 e. The quantitative estimate of drug-likeness (QED) is 0.722. The van der Waals surface area contributed by atoms with E-state index in [2.05, 4.69) is 32.6 Å². The summed E-state index contributed by atoms with van der Waals surface area (Å²) in [6.45, 7) is 5.28. The number of imidazole rings is 1. The van der Waals surface area contributed by atoms with Crippen LogP contribution >= 0.6 is 22.6 Å². The third-order valence-electron chi connectivity index (χ3n) is 4.11. The van der Waals surface area contributed by atoms with Gasteiger partial charge in [0.2, 0.25) is 11.7 Å². The molecule has 2 unspecified atom stereocenters. The van der Waals surface area contributed by atoms with Crippen LogP contribution in [0.5, 0.6) is 5.88 Å². The van der Waals surface area contributed by atoms with E-state index >= 15 is 0 Å². The molecule has 118 valence electrons. The minimum atomic E-state index is -0.402. The molecule has 2 aromatic heterocycles. The van der Waals surface area contributed by atoms with Crippen LogP contribution in [0.25, 0.3) is 5.78 Å². The van der Waals surface area contributed by atoms with Crippen LogP contribution in [-0.4, -0.2) is 39.8 Å². The van der Waals surface area contributed by atoms with Crippen molar-refractivity contribution in [1.82, 2.24) is 14.4 Å². The van der Waals surface area contributed by atoms with Crippen molar-refractivity contribution < 1.29 is 14.2 Å². The highest BCUT2D eigenvalue weighted by molar-refractivity contribution is 14.1. The van der Waals surface area contributed by atoms with E-state index < -0.39 is 5.60 Å². The Bertz CT molecular complexity index is 713. The van der Waals surface area contributed by atoms with E-state index in [0.29, 0.717) is 24.4 Å². The minimum Gasteiger partial charge on any atom is -0.474 e. The molecule has 2 aliphatic rings. The first kappa shape index (κ1) is 14.6. The van der Waals surface area contributed by atoms with Gasteiger partial charge in [0.05, 0.1) is 34.7 Å². The average molecular weight is 415 g/mol. The Balaban J connectivity index is 1.74. The highest BCUT2D eigenvalue weighted by atomic mass is 127. The summed E-state index contributed by atoms with van der Waals surface area (Å²) in [5.41, 5.74) is 0.501. The lowest BCUT2D eigenvalue weighted by Crippen LogP contribution is -2.34. The first-order valence-corrected chi connectivity index (χ1v) is 8.61. The van der Waals surface area contributed by atoms with E-state index in [1.165, 1.54) is 0 Å². The number of nitrogens with zero attached hydrogens (tertiary/aromatic N) is 3. The minimum absolute atomic E-state index is 0.0853. The van der Waals surface area contributed by atoms with Crippen LogP contribution in [0.3, 0.4) is 0 Å². The summed E-state index contributed by atoms with van der Waals surface area (Å²) < 4.78 is 20.5. The summed E-state index contributed by atoms with van der Waals surface area (Å²) >= 11 is 2.23. The molecule has 2 saturated heterocycles. The number of ether oxygens (including phenoxy) is 3. The molecule has 0 aromatic carbocycles. The number of fused-ring (bicyclic) bond motifs is 3. The number of halogens is 1. The third kappa shape index (κ3) is 2.39. The zero-order valence-electron chi connectivity index (χ0n) is 12.6. The van der Waals surface area contributed by atoms with Gasteiger partial charge in [0.15, 0.2) is 0 Å². The van der Waals surface area contributed by atoms with Gasteiger partial charge in [0.1, 0.15) is 5.60 Å². The molecule has 0 saturated carbocycles. The highest BCUT2D eigenvalue weighted by Gasteiger charge is 2.47. The second-order valence-electron chi connectivity index (χ2n) is 6.16. The van der Waals surface area contributed by atoms with Crippen LogP contribution in [0, 0.1) is 3.57 Å². The average Bonchev–Trinajstić information content (AvgIpc) is 3.01. The van der Waals surface area contributed by atoms with Gasteiger partial charge in [0, 0.05) is 18.8 Å². The summed E-state index contributed by atoms with van der Waals surface area (Å²) in [5.74, 6) is 1.26. The monoisotopic (exact) mass is 415 g/mol. The van der Waals surface area contributed by atoms with Gasteiger partial charge in [-0.2, -0.15) is 4.98 Å². The SMILES string of the molecule is CC(C)Oc1nc2nc(C34COC(CCO3)C4)cn2cc1I. The fraction of sp³-hybridized carbons (Fsp3) is 0.600. The van der Waals surface area contributed by atoms with Crippen molar-refractivity contribution in [2.45, 2.75) is 44.5 Å². The van der Waals surface area contributed by atoms with Crippen LogP contribution < -0.4 is 4.74 Å². The lowest BCUT2D eigenvalue weighted by atomic mass is 9.93. The third-order valence-corrected chi connectivity index (χ3v) is 4.85. The Labute approximate surface area is 142 Å². The van der Waals surface area contributed by atoms with Crippen molar-refractivity contribution in [2.75, 3.05) is 13.2 Å². The van der Waals surface area contributed by atoms with Gasteiger partial charge >= 0.3 is 0 Å². The number of hydrogen-bond donors (Lipinski definition) is 0. The van der Waals surface area contributed by atoms with Crippen molar-refractivity contribution in [1.29, 1.82) is 0 Å². The second-order valence-corrected chi connectivity index (χ2v) is 7.32. The number of aromatic nitrogens is 3. The molecule has 6 nitrogen and oxygen atoms in total. The first-order valence-electron chi connectivity index (χ1n) is 7.54. The largest absolute Gasteiger partial charge is 0.474 e. The lowest BCUT2D eigenvalue weighted by Gasteiger charge is -2.29. The molecule has 4 heterocycles. The topological polar surface area (TPSA) is 57.9 Å². The molecule has 0 amide bonds. The zero-order chi connectivity index (χ0) is 15.3. The summed E-state index contributed by atoms with van der Waals surface area (Å²) in [6, 6.07) is 0. The first-order chi connectivity index (χ1) is 10.6. The molecule has 2 atom stereocenters. The standard InChI is InChI=1S/C15H18IN3O3/c1-9(2)22-13-11(16)6-19-7-12(17-14(19)18-13)15-5-10(20-8-15)3-4-21-15/h6-7,9-10H,3-5,8H2,1-2H3. The summed E-state index contributed by atoms with van der Waals surface area (Å²) in [4.78, 5) is 9.21. The maximum atomic E-state index is 6.04. The molecular formula is C15H18IN3O3. The normalized spacial score (nSPS) is 27.7. The van der Waals surface area contributed by atoms with Crippen molar-refractivity contribution >= 4 is 28.4 Å². The van der Waals surface area contributed by atoms with Crippen molar-refractivity contribution in [3.8, 4) is 5.88 Å². The molecule has 2 fully saturated rings. The lowest BCUT2D eigenvalue weighted by molar-refractivity contribution is -0.0597. The summed E-state index contributed by atoms with van der Waals surface area (Å²) in [7, 11) is 0. The predicted molar refractivity (Wildman–Crippen MR) is 88.1 cm³/mol. The van der Waals surface area contributed by atoms with E-state index in [9.17, 15) is 0 Å². The summed E-state index contributed by atoms with van der Waals surface area (Å²) in [5, 5.41) is 0. The molecular weight excluding hydrogens is 397 g/mol. The fourth-order valence-corrected chi connectivity index (χ4v) is 3.62. The molecule has 2 aliphatic heterocycles. The van der Waals surface area contributed by atoms with Crippen LogP contribution in [0.1, 0.15) is 32.4 Å². The van der Waals surface area contributed by atoms with Crippen LogP contribution in [0.15, 0.2) is 12.4 Å². The molecule has 4 rings (SSSR count). The number of rotatable bonds is 3. The Morgan fingerprint density at radius 3 is 3.09 bits per heavy atom. The Morgan fingerprint density at radius 2 is 2.27 bits per heavy atom. The van der Waals surface area contributed by atoms with Gasteiger partial charge in [-0.1, -0.05) is 0 Å². The maximum absolute atomic E-state index is 6.04. The van der Waals surface area contributed by atoms with Gasteiger partial charge in [-0.05, 0) is 42.9 Å². The van der Waals surface area contributed by atoms with Gasteiger partial charge in [-0.3, -0.25) is 4.40 Å². The van der Waals surface area contributed by atoms with Crippen LogP contribution in [0.4, 0.5) is 0 Å². The van der Waals surface area contributed by atoms with E-state index in [-0.39, 0.29) is 6.10 Å². The van der Waals surface area contributed by atoms with Crippen molar-refractivity contribution in [3.63, 3.8) is 0 Å². The molecule has 0 spiro atoms. The van der Waals surface area contributed by atoms with Gasteiger partial charge in [-0.25, -0.2) is 4.98 Å². The Kier molecular flexibility index (Phi) is 3.54. The molecule has 2 aromatic rings. The molecule has 7 heteroatoms. The molecule has 0 N–H and O–H groups in total. The molecule has 22 heavy (non-hydrogen) atoms. The molecule has 0 aliphatic carbocycles. The molecule has 2 bridgehead atoms. The van der Waals surface area contributed by atoms with E-state index in [1.807, 2.05) is 30.6 Å². The number of hydrogen-bond acceptors (Lipinski definition) is 5. The highest BCUT2D eigenvalue weighted by Crippen LogP contribution is 2.41. The summed E-state index contributed by atoms with van der Waals surface area (Å²) in [6.07, 6.45) is 6.22. The van der Waals surface area contributed by atoms with E-state index in [4.69, 9.17) is 14.2 Å². The van der Waals surface area contributed by atoms with E-state index in [0.717, 1.165) is 28.7 Å². The molecule has 0 radical (unpaired) electrons. The Hall–Kier alpha value is -0.930. The van der Waals surface area contributed by atoms with Gasteiger partial charge in [-0.15, -0.1) is 0 Å². The van der Waals surface area contributed by atoms with Crippen LogP contribution in [0.2, 0.25) is 0 Å². The van der Waals surface area contributed by atoms with E-state index in [1.54, 1.807) is 0 Å². The predicted octanol–water partition coefficient (Wildman–Crippen LogP) is 2.53. The van der Waals surface area contributed by atoms with Gasteiger partial charge < -0.3 is 14.2 Å². The zero-order valence-corrected chi connectivity index (χ0v) is 14.7. The van der Waals surface area contributed by atoms with Gasteiger partial charge in [0.25, 0.3) is 0 Å². The van der Waals surface area contributed by atoms with Crippen molar-refractivity contribution in [3.05, 3.63) is 21.7 Å².